The highest BCUT2D eigenvalue weighted by molar-refractivity contribution is 7.48. The second kappa shape index (κ2) is 12.2. The van der Waals surface area contributed by atoms with Gasteiger partial charge in [0.2, 0.25) is 12.7 Å². The SMILES string of the molecule is COC(=O)CCNC(=O)[C@@H]1OP(=O)(OCOC(=O)NC(C)(C)COC(=O)C(C)(C)C)OCC1(C)C. The number of carbonyl (C=O) groups excluding carboxylic acids is 4. The number of phosphoric acid groups is 1. The largest absolute Gasteiger partial charge is 0.478 e. The molecule has 1 saturated heterocycles. The maximum Gasteiger partial charge on any atom is 0.478 e. The lowest BCUT2D eigenvalue weighted by atomic mass is 9.87. The molecule has 1 fully saturated rings. The molecule has 202 valence electrons. The number of alkyl carbamates (subject to hydrolysis) is 1. The molecule has 13 nitrogen and oxygen atoms in total. The van der Waals surface area contributed by atoms with Crippen molar-refractivity contribution in [2.24, 2.45) is 10.8 Å². The fourth-order valence-corrected chi connectivity index (χ4v) is 4.04. The number of methoxy groups -OCH3 is 1. The first kappa shape index (κ1) is 30.8. The molecule has 2 atom stereocenters. The zero-order valence-electron chi connectivity index (χ0n) is 21.6. The quantitative estimate of drug-likeness (QED) is 0.186. The summed E-state index contributed by atoms with van der Waals surface area (Å²) in [6.07, 6.45) is -2.19. The van der Waals surface area contributed by atoms with Gasteiger partial charge in [0.25, 0.3) is 0 Å². The van der Waals surface area contributed by atoms with Crippen LogP contribution in [0.3, 0.4) is 0 Å². The number of nitrogens with one attached hydrogen (secondary N) is 2. The van der Waals surface area contributed by atoms with Gasteiger partial charge in [-0.15, -0.1) is 0 Å². The number of phosphoric ester groups is 1. The van der Waals surface area contributed by atoms with Crippen LogP contribution < -0.4 is 10.6 Å². The van der Waals surface area contributed by atoms with E-state index in [4.69, 9.17) is 23.0 Å². The van der Waals surface area contributed by atoms with Crippen LogP contribution in [0.4, 0.5) is 4.79 Å². The summed E-state index contributed by atoms with van der Waals surface area (Å²) < 4.78 is 42.9. The average molecular weight is 525 g/mol. The zero-order chi connectivity index (χ0) is 27.1. The Morgan fingerprint density at radius 3 is 2.29 bits per heavy atom. The first-order valence-electron chi connectivity index (χ1n) is 10.9. The summed E-state index contributed by atoms with van der Waals surface area (Å²) in [5.41, 5.74) is -2.52. The van der Waals surface area contributed by atoms with E-state index >= 15 is 0 Å². The molecule has 0 aromatic rings. The first-order chi connectivity index (χ1) is 15.9. The van der Waals surface area contributed by atoms with E-state index in [0.717, 1.165) is 0 Å². The normalized spacial score (nSPS) is 22.0. The van der Waals surface area contributed by atoms with Gasteiger partial charge in [-0.1, -0.05) is 13.8 Å². The number of amides is 2. The van der Waals surface area contributed by atoms with Crippen LogP contribution in [0.5, 0.6) is 0 Å². The van der Waals surface area contributed by atoms with Gasteiger partial charge in [0.1, 0.15) is 6.61 Å². The third-order valence-electron chi connectivity index (χ3n) is 4.65. The fourth-order valence-electron chi connectivity index (χ4n) is 2.53. The molecule has 0 aromatic carbocycles. The Morgan fingerprint density at radius 1 is 1.09 bits per heavy atom. The number of hydrogen-bond acceptors (Lipinski definition) is 11. The lowest BCUT2D eigenvalue weighted by Crippen LogP contribution is -2.50. The van der Waals surface area contributed by atoms with Crippen molar-refractivity contribution in [3.05, 3.63) is 0 Å². The third kappa shape index (κ3) is 10.5. The standard InChI is InChI=1S/C21H37N2O11P/c1-19(2,3)17(26)30-12-21(6,7)23-18(27)31-13-33-35(28)32-11-20(4,5)15(34-35)16(25)22-10-9-14(24)29-8/h15H,9-13H2,1-8H3,(H,22,25)(H,23,27)/t15-,35?/m0/s1. The molecule has 0 aliphatic carbocycles. The van der Waals surface area contributed by atoms with Gasteiger partial charge in [-0.3, -0.25) is 23.4 Å². The maximum absolute atomic E-state index is 12.8. The fraction of sp³-hybridized carbons (Fsp3) is 0.810. The predicted molar refractivity (Wildman–Crippen MR) is 122 cm³/mol. The maximum atomic E-state index is 12.8. The minimum atomic E-state index is -4.24. The molecule has 0 bridgehead atoms. The number of rotatable bonds is 10. The smallest absolute Gasteiger partial charge is 0.469 e. The van der Waals surface area contributed by atoms with Crippen LogP contribution >= 0.6 is 7.82 Å². The van der Waals surface area contributed by atoms with Crippen LogP contribution in [0.1, 0.15) is 54.9 Å². The molecule has 0 spiro atoms. The van der Waals surface area contributed by atoms with Crippen molar-refractivity contribution in [1.29, 1.82) is 0 Å². The molecule has 1 aliphatic heterocycles. The van der Waals surface area contributed by atoms with Crippen LogP contribution in [0.25, 0.3) is 0 Å². The minimum Gasteiger partial charge on any atom is -0.469 e. The lowest BCUT2D eigenvalue weighted by molar-refractivity contribution is -0.154. The molecule has 1 rings (SSSR count). The molecule has 0 saturated carbocycles. The molecule has 1 aliphatic rings. The molecule has 2 N–H and O–H groups in total. The van der Waals surface area contributed by atoms with Gasteiger partial charge in [-0.05, 0) is 34.6 Å². The highest BCUT2D eigenvalue weighted by Gasteiger charge is 2.49. The van der Waals surface area contributed by atoms with E-state index in [9.17, 15) is 23.7 Å². The molecular weight excluding hydrogens is 487 g/mol. The van der Waals surface area contributed by atoms with Crippen molar-refractivity contribution in [1.82, 2.24) is 10.6 Å². The summed E-state index contributed by atoms with van der Waals surface area (Å²) in [5.74, 6) is -1.55. The third-order valence-corrected chi connectivity index (χ3v) is 5.99. The molecular formula is C21H37N2O11P. The van der Waals surface area contributed by atoms with E-state index < -0.39 is 61.0 Å². The van der Waals surface area contributed by atoms with E-state index in [1.165, 1.54) is 7.11 Å². The molecule has 0 radical (unpaired) electrons. The summed E-state index contributed by atoms with van der Waals surface area (Å²) in [6, 6.07) is 0. The van der Waals surface area contributed by atoms with E-state index in [1.54, 1.807) is 48.5 Å². The summed E-state index contributed by atoms with van der Waals surface area (Å²) in [4.78, 5) is 47.7. The number of hydrogen-bond donors (Lipinski definition) is 2. The molecule has 1 heterocycles. The van der Waals surface area contributed by atoms with Gasteiger partial charge in [-0.25, -0.2) is 13.9 Å². The van der Waals surface area contributed by atoms with Crippen LogP contribution in [0.15, 0.2) is 0 Å². The second-order valence-electron chi connectivity index (χ2n) is 10.3. The van der Waals surface area contributed by atoms with Crippen molar-refractivity contribution in [2.45, 2.75) is 66.5 Å². The van der Waals surface area contributed by atoms with Gasteiger partial charge in [0.05, 0.1) is 31.1 Å². The van der Waals surface area contributed by atoms with Crippen LogP contribution in [0.2, 0.25) is 0 Å². The topological polar surface area (TPSA) is 165 Å². The van der Waals surface area contributed by atoms with Gasteiger partial charge < -0.3 is 24.8 Å². The molecule has 1 unspecified atom stereocenters. The van der Waals surface area contributed by atoms with E-state index in [1.807, 2.05) is 0 Å². The molecule has 2 amide bonds. The van der Waals surface area contributed by atoms with Crippen molar-refractivity contribution < 1.29 is 51.5 Å². The highest BCUT2D eigenvalue weighted by atomic mass is 31.2. The molecule has 0 aromatic heterocycles. The number of carbonyl (C=O) groups is 4. The first-order valence-corrected chi connectivity index (χ1v) is 12.4. The monoisotopic (exact) mass is 524 g/mol. The zero-order valence-corrected chi connectivity index (χ0v) is 22.4. The van der Waals surface area contributed by atoms with Gasteiger partial charge in [0.15, 0.2) is 6.10 Å². The lowest BCUT2D eigenvalue weighted by Gasteiger charge is -2.39. The predicted octanol–water partition coefficient (Wildman–Crippen LogP) is 2.28. The van der Waals surface area contributed by atoms with Crippen LogP contribution in [0, 0.1) is 10.8 Å². The van der Waals surface area contributed by atoms with Crippen molar-refractivity contribution in [2.75, 3.05) is 33.7 Å². The Labute approximate surface area is 205 Å². The van der Waals surface area contributed by atoms with Crippen molar-refractivity contribution in [3.8, 4) is 0 Å². The van der Waals surface area contributed by atoms with Crippen LogP contribution in [-0.4, -0.2) is 69.2 Å². The van der Waals surface area contributed by atoms with Gasteiger partial charge in [0, 0.05) is 12.0 Å². The number of esters is 2. The van der Waals surface area contributed by atoms with E-state index in [-0.39, 0.29) is 26.2 Å². The van der Waals surface area contributed by atoms with Crippen LogP contribution in [-0.2, 0) is 46.7 Å². The summed E-state index contributed by atoms with van der Waals surface area (Å²) in [5, 5.41) is 5.01. The number of ether oxygens (including phenoxy) is 3. The minimum absolute atomic E-state index is 0.00239. The summed E-state index contributed by atoms with van der Waals surface area (Å²) >= 11 is 0. The second-order valence-corrected chi connectivity index (χ2v) is 11.9. The van der Waals surface area contributed by atoms with Gasteiger partial charge >= 0.3 is 25.9 Å². The van der Waals surface area contributed by atoms with Crippen molar-refractivity contribution in [3.63, 3.8) is 0 Å². The Morgan fingerprint density at radius 2 is 1.71 bits per heavy atom. The van der Waals surface area contributed by atoms with E-state index in [0.29, 0.717) is 0 Å². The highest BCUT2D eigenvalue weighted by Crippen LogP contribution is 2.57. The Balaban J connectivity index is 2.57. The Kier molecular flexibility index (Phi) is 10.7. The van der Waals surface area contributed by atoms with Crippen molar-refractivity contribution >= 4 is 31.8 Å². The average Bonchev–Trinajstić information content (AvgIpc) is 2.72. The summed E-state index contributed by atoms with van der Waals surface area (Å²) in [7, 11) is -3.01. The van der Waals surface area contributed by atoms with E-state index in [2.05, 4.69) is 15.4 Å². The molecule has 35 heavy (non-hydrogen) atoms. The molecule has 14 heteroatoms. The summed E-state index contributed by atoms with van der Waals surface area (Å²) in [6.45, 7) is 10.6. The Bertz CT molecular complexity index is 836. The van der Waals surface area contributed by atoms with Gasteiger partial charge in [-0.2, -0.15) is 0 Å². The Hall–Kier alpha value is -2.21.